The smallest absolute Gasteiger partial charge is 0.290 e. The predicted molar refractivity (Wildman–Crippen MR) is 132 cm³/mol. The van der Waals surface area contributed by atoms with Crippen molar-refractivity contribution in [3.8, 4) is 0 Å². The average molecular weight is 468 g/mol. The standard InChI is InChI=1S/C26H35N3O2.CH2O2/c1-16-5-8-23-21(9-16)22(10-17(2)27-23)26(30)29-13-19-11-24(28(3)4)25(12-20(19)14-29)31-15-18-6-7-18;2-1-3/h5,8-10,18-20,24-25H,6-7,11-15H2,1-4H3;1H,(H,2,3)/t19-,20+,24-,25-;/m1./s1. The summed E-state index contributed by atoms with van der Waals surface area (Å²) >= 11 is 0. The van der Waals surface area contributed by atoms with Gasteiger partial charge in [-0.1, -0.05) is 11.6 Å². The molecule has 34 heavy (non-hydrogen) atoms. The van der Waals surface area contributed by atoms with Gasteiger partial charge in [0.15, 0.2) is 0 Å². The molecule has 2 heterocycles. The Kier molecular flexibility index (Phi) is 7.53. The van der Waals surface area contributed by atoms with E-state index in [0.29, 0.717) is 24.0 Å². The van der Waals surface area contributed by atoms with Crippen LogP contribution in [-0.2, 0) is 9.53 Å². The van der Waals surface area contributed by atoms with Crippen molar-refractivity contribution < 1.29 is 19.4 Å². The summed E-state index contributed by atoms with van der Waals surface area (Å²) in [6, 6.07) is 8.61. The molecule has 0 spiro atoms. The van der Waals surface area contributed by atoms with Gasteiger partial charge in [0, 0.05) is 36.8 Å². The van der Waals surface area contributed by atoms with Crippen molar-refractivity contribution in [2.45, 2.75) is 51.7 Å². The SMILES string of the molecule is Cc1ccc2nc(C)cc(C(=O)N3C[C@H]4C[C@@H](N(C)C)[C@H](OCC5CC5)C[C@H]4C3)c2c1.O=CO. The molecule has 1 aromatic carbocycles. The molecule has 2 aromatic rings. The van der Waals surface area contributed by atoms with E-state index in [2.05, 4.69) is 47.9 Å². The van der Waals surface area contributed by atoms with Crippen LogP contribution in [0.25, 0.3) is 10.9 Å². The van der Waals surface area contributed by atoms with Gasteiger partial charge < -0.3 is 19.6 Å². The van der Waals surface area contributed by atoms with E-state index in [4.69, 9.17) is 14.6 Å². The van der Waals surface area contributed by atoms with Crippen LogP contribution in [0.2, 0.25) is 0 Å². The highest BCUT2D eigenvalue weighted by Gasteiger charge is 2.45. The fourth-order valence-electron chi connectivity index (χ4n) is 5.64. The van der Waals surface area contributed by atoms with Crippen LogP contribution in [0.5, 0.6) is 0 Å². The zero-order valence-corrected chi connectivity index (χ0v) is 20.7. The van der Waals surface area contributed by atoms with E-state index >= 15 is 0 Å². The average Bonchev–Trinajstić information content (AvgIpc) is 3.53. The molecule has 0 unspecified atom stereocenters. The van der Waals surface area contributed by atoms with Crippen molar-refractivity contribution in [2.75, 3.05) is 33.8 Å². The molecule has 3 aliphatic rings. The summed E-state index contributed by atoms with van der Waals surface area (Å²) in [5.74, 6) is 2.05. The molecule has 7 nitrogen and oxygen atoms in total. The zero-order chi connectivity index (χ0) is 24.4. The number of rotatable bonds is 5. The highest BCUT2D eigenvalue weighted by molar-refractivity contribution is 6.06. The summed E-state index contributed by atoms with van der Waals surface area (Å²) in [6.45, 7) is 6.42. The van der Waals surface area contributed by atoms with Crippen LogP contribution >= 0.6 is 0 Å². The lowest BCUT2D eigenvalue weighted by Crippen LogP contribution is -2.48. The van der Waals surface area contributed by atoms with Crippen molar-refractivity contribution in [1.29, 1.82) is 0 Å². The topological polar surface area (TPSA) is 83.0 Å². The lowest BCUT2D eigenvalue weighted by molar-refractivity contribution is -0.122. The highest BCUT2D eigenvalue weighted by Crippen LogP contribution is 2.40. The second-order valence-electron chi connectivity index (χ2n) is 10.5. The Morgan fingerprint density at radius 2 is 1.85 bits per heavy atom. The van der Waals surface area contributed by atoms with E-state index in [9.17, 15) is 4.79 Å². The maximum Gasteiger partial charge on any atom is 0.290 e. The number of aryl methyl sites for hydroxylation is 2. The van der Waals surface area contributed by atoms with E-state index in [-0.39, 0.29) is 12.4 Å². The Morgan fingerprint density at radius 1 is 1.18 bits per heavy atom. The van der Waals surface area contributed by atoms with Gasteiger partial charge in [0.1, 0.15) is 0 Å². The maximum atomic E-state index is 13.6. The lowest BCUT2D eigenvalue weighted by atomic mass is 9.77. The summed E-state index contributed by atoms with van der Waals surface area (Å²) in [4.78, 5) is 31.1. The number of fused-ring (bicyclic) bond motifs is 2. The summed E-state index contributed by atoms with van der Waals surface area (Å²) < 4.78 is 6.40. The van der Waals surface area contributed by atoms with Crippen LogP contribution in [0.4, 0.5) is 0 Å². The van der Waals surface area contributed by atoms with Crippen molar-refractivity contribution in [3.63, 3.8) is 0 Å². The molecule has 2 aliphatic carbocycles. The van der Waals surface area contributed by atoms with Crippen LogP contribution in [0.1, 0.15) is 47.3 Å². The Morgan fingerprint density at radius 3 is 2.50 bits per heavy atom. The Bertz CT molecular complexity index is 1040. The third kappa shape index (κ3) is 5.41. The largest absolute Gasteiger partial charge is 0.483 e. The first-order valence-corrected chi connectivity index (χ1v) is 12.3. The summed E-state index contributed by atoms with van der Waals surface area (Å²) in [5, 5.41) is 7.86. The maximum absolute atomic E-state index is 13.6. The number of aromatic nitrogens is 1. The minimum Gasteiger partial charge on any atom is -0.483 e. The van der Waals surface area contributed by atoms with Crippen LogP contribution in [0, 0.1) is 31.6 Å². The number of carboxylic acid groups (broad SMARTS) is 1. The zero-order valence-electron chi connectivity index (χ0n) is 20.7. The van der Waals surface area contributed by atoms with Crippen LogP contribution in [0.3, 0.4) is 0 Å². The van der Waals surface area contributed by atoms with Crippen LogP contribution in [-0.4, -0.2) is 78.2 Å². The van der Waals surface area contributed by atoms with Gasteiger partial charge in [-0.15, -0.1) is 0 Å². The van der Waals surface area contributed by atoms with Gasteiger partial charge in [-0.25, -0.2) is 0 Å². The Labute approximate surface area is 202 Å². The van der Waals surface area contributed by atoms with Crippen LogP contribution < -0.4 is 0 Å². The van der Waals surface area contributed by atoms with E-state index < -0.39 is 0 Å². The van der Waals surface area contributed by atoms with E-state index in [0.717, 1.165) is 66.2 Å². The molecule has 4 atom stereocenters. The fourth-order valence-corrected chi connectivity index (χ4v) is 5.64. The van der Waals surface area contributed by atoms with Gasteiger partial charge in [-0.05, 0) is 89.6 Å². The number of ether oxygens (including phenoxy) is 1. The Hall–Kier alpha value is -2.51. The molecular formula is C27H37N3O4. The number of amides is 1. The molecule has 1 amide bonds. The van der Waals surface area contributed by atoms with E-state index in [1.807, 2.05) is 19.1 Å². The first kappa shape index (κ1) is 24.6. The summed E-state index contributed by atoms with van der Waals surface area (Å²) in [5.41, 5.74) is 3.77. The molecule has 7 heteroatoms. The van der Waals surface area contributed by atoms with Crippen molar-refractivity contribution >= 4 is 23.3 Å². The number of likely N-dealkylation sites (tertiary alicyclic amines) is 1. The molecule has 5 rings (SSSR count). The molecule has 1 aromatic heterocycles. The van der Waals surface area contributed by atoms with Crippen molar-refractivity contribution in [2.24, 2.45) is 17.8 Å². The number of hydrogen-bond donors (Lipinski definition) is 1. The van der Waals surface area contributed by atoms with Crippen LogP contribution in [0.15, 0.2) is 24.3 Å². The number of likely N-dealkylation sites (N-methyl/N-ethyl adjacent to an activating group) is 1. The number of hydrogen-bond acceptors (Lipinski definition) is 5. The molecule has 1 N–H and O–H groups in total. The minimum atomic E-state index is -0.250. The Balaban J connectivity index is 0.000000868. The monoisotopic (exact) mass is 467 g/mol. The summed E-state index contributed by atoms with van der Waals surface area (Å²) in [7, 11) is 4.34. The molecule has 0 bridgehead atoms. The van der Waals surface area contributed by atoms with Gasteiger partial charge in [-0.2, -0.15) is 0 Å². The van der Waals surface area contributed by atoms with Gasteiger partial charge in [-0.3, -0.25) is 14.6 Å². The second-order valence-corrected chi connectivity index (χ2v) is 10.5. The second kappa shape index (κ2) is 10.4. The summed E-state index contributed by atoms with van der Waals surface area (Å²) in [6.07, 6.45) is 5.13. The fraction of sp³-hybridized carbons (Fsp3) is 0.593. The molecule has 1 saturated heterocycles. The number of carbonyl (C=O) groups is 2. The molecule has 184 valence electrons. The number of carbonyl (C=O) groups excluding carboxylic acids is 1. The highest BCUT2D eigenvalue weighted by atomic mass is 16.5. The lowest BCUT2D eigenvalue weighted by Gasteiger charge is -2.41. The normalized spacial score (nSPS) is 26.2. The first-order chi connectivity index (χ1) is 16.3. The minimum absolute atomic E-state index is 0.160. The van der Waals surface area contributed by atoms with Gasteiger partial charge >= 0.3 is 0 Å². The van der Waals surface area contributed by atoms with Gasteiger partial charge in [0.25, 0.3) is 12.4 Å². The predicted octanol–water partition coefficient (Wildman–Crippen LogP) is 3.76. The quantitative estimate of drug-likeness (QED) is 0.674. The molecule has 2 saturated carbocycles. The third-order valence-electron chi connectivity index (χ3n) is 7.60. The third-order valence-corrected chi connectivity index (χ3v) is 7.60. The number of benzene rings is 1. The molecular weight excluding hydrogens is 430 g/mol. The van der Waals surface area contributed by atoms with E-state index in [1.54, 1.807) is 0 Å². The van der Waals surface area contributed by atoms with Gasteiger partial charge in [0.2, 0.25) is 0 Å². The van der Waals surface area contributed by atoms with Gasteiger partial charge in [0.05, 0.1) is 17.2 Å². The molecule has 0 radical (unpaired) electrons. The van der Waals surface area contributed by atoms with Crippen molar-refractivity contribution in [3.05, 3.63) is 41.1 Å². The van der Waals surface area contributed by atoms with E-state index in [1.165, 1.54) is 12.8 Å². The molecule has 3 fully saturated rings. The number of nitrogens with zero attached hydrogens (tertiary/aromatic N) is 3. The first-order valence-electron chi connectivity index (χ1n) is 12.3. The number of pyridine rings is 1. The van der Waals surface area contributed by atoms with Crippen molar-refractivity contribution in [1.82, 2.24) is 14.8 Å². The molecule has 1 aliphatic heterocycles.